The van der Waals surface area contributed by atoms with E-state index in [-0.39, 0.29) is 29.5 Å². The fourth-order valence-electron chi connectivity index (χ4n) is 4.40. The number of aromatic nitrogens is 4. The van der Waals surface area contributed by atoms with Gasteiger partial charge in [-0.2, -0.15) is 0 Å². The van der Waals surface area contributed by atoms with Crippen molar-refractivity contribution < 1.29 is 19.5 Å². The molecule has 0 spiro atoms. The van der Waals surface area contributed by atoms with Gasteiger partial charge in [0.15, 0.2) is 0 Å². The van der Waals surface area contributed by atoms with Gasteiger partial charge in [-0.25, -0.2) is 9.48 Å². The first-order valence-electron chi connectivity index (χ1n) is 12.3. The molecule has 0 saturated carbocycles. The van der Waals surface area contributed by atoms with Gasteiger partial charge in [0.05, 0.1) is 18.4 Å². The molecular formula is C26H32N6O4. The maximum Gasteiger partial charge on any atom is 0.352 e. The molecule has 10 heteroatoms. The summed E-state index contributed by atoms with van der Waals surface area (Å²) >= 11 is 0. The lowest BCUT2D eigenvalue weighted by atomic mass is 10.0. The molecule has 36 heavy (non-hydrogen) atoms. The van der Waals surface area contributed by atoms with E-state index >= 15 is 0 Å². The van der Waals surface area contributed by atoms with Crippen LogP contribution in [0.5, 0.6) is 0 Å². The van der Waals surface area contributed by atoms with Gasteiger partial charge in [0.25, 0.3) is 0 Å². The largest absolute Gasteiger partial charge is 0.477 e. The van der Waals surface area contributed by atoms with Crippen LogP contribution < -0.4 is 5.32 Å². The SMILES string of the molecule is CC(C)C(=O)NC1CCN(C(=O)CCc2ccccc2-n2cc(Cn3cccc3C(=O)O)nn2)CC1. The van der Waals surface area contributed by atoms with Crippen molar-refractivity contribution in [3.8, 4) is 5.69 Å². The van der Waals surface area contributed by atoms with Crippen LogP contribution in [0.15, 0.2) is 48.8 Å². The number of piperidine rings is 1. The number of nitrogens with zero attached hydrogens (tertiary/aromatic N) is 5. The summed E-state index contributed by atoms with van der Waals surface area (Å²) in [4.78, 5) is 38.0. The lowest BCUT2D eigenvalue weighted by Crippen LogP contribution is -2.47. The highest BCUT2D eigenvalue weighted by Gasteiger charge is 2.24. The van der Waals surface area contributed by atoms with Crippen molar-refractivity contribution in [1.82, 2.24) is 29.8 Å². The molecule has 0 unspecified atom stereocenters. The molecule has 1 aliphatic rings. The van der Waals surface area contributed by atoms with Gasteiger partial charge in [-0.05, 0) is 43.0 Å². The van der Waals surface area contributed by atoms with Crippen molar-refractivity contribution in [1.29, 1.82) is 0 Å². The van der Waals surface area contributed by atoms with E-state index in [1.165, 1.54) is 0 Å². The Kier molecular flexibility index (Phi) is 7.82. The van der Waals surface area contributed by atoms with Crippen molar-refractivity contribution >= 4 is 17.8 Å². The Bertz CT molecular complexity index is 1220. The van der Waals surface area contributed by atoms with Crippen molar-refractivity contribution in [2.45, 2.75) is 52.1 Å². The van der Waals surface area contributed by atoms with Gasteiger partial charge in [0.2, 0.25) is 11.8 Å². The zero-order chi connectivity index (χ0) is 25.7. The summed E-state index contributed by atoms with van der Waals surface area (Å²) in [6.45, 7) is 5.34. The number of carboxylic acid groups (broad SMARTS) is 1. The Morgan fingerprint density at radius 2 is 1.86 bits per heavy atom. The van der Waals surface area contributed by atoms with E-state index in [0.29, 0.717) is 38.2 Å². The number of amides is 2. The topological polar surface area (TPSA) is 122 Å². The summed E-state index contributed by atoms with van der Waals surface area (Å²) in [6, 6.07) is 11.1. The third-order valence-electron chi connectivity index (χ3n) is 6.49. The van der Waals surface area contributed by atoms with Crippen molar-refractivity contribution in [2.75, 3.05) is 13.1 Å². The highest BCUT2D eigenvalue weighted by Crippen LogP contribution is 2.18. The van der Waals surface area contributed by atoms with Crippen LogP contribution in [-0.2, 0) is 22.6 Å². The molecular weight excluding hydrogens is 460 g/mol. The summed E-state index contributed by atoms with van der Waals surface area (Å²) in [5, 5.41) is 20.8. The number of aromatic carboxylic acids is 1. The lowest BCUT2D eigenvalue weighted by Gasteiger charge is -2.33. The van der Waals surface area contributed by atoms with Crippen LogP contribution in [0.1, 0.15) is 54.9 Å². The highest BCUT2D eigenvalue weighted by molar-refractivity contribution is 5.85. The highest BCUT2D eigenvalue weighted by atomic mass is 16.4. The second-order valence-electron chi connectivity index (χ2n) is 9.43. The zero-order valence-corrected chi connectivity index (χ0v) is 20.6. The van der Waals surface area contributed by atoms with E-state index in [1.54, 1.807) is 33.8 Å². The maximum atomic E-state index is 12.9. The normalized spacial score (nSPS) is 14.2. The molecule has 2 aromatic heterocycles. The molecule has 190 valence electrons. The molecule has 0 bridgehead atoms. The lowest BCUT2D eigenvalue weighted by molar-refractivity contribution is -0.132. The number of hydrogen-bond acceptors (Lipinski definition) is 5. The van der Waals surface area contributed by atoms with Crippen LogP contribution in [-0.4, -0.2) is 66.5 Å². The number of likely N-dealkylation sites (tertiary alicyclic amines) is 1. The molecule has 0 atom stereocenters. The summed E-state index contributed by atoms with van der Waals surface area (Å²) in [5.41, 5.74) is 2.64. The average molecular weight is 493 g/mol. The number of nitrogens with one attached hydrogen (secondary N) is 1. The Hall–Kier alpha value is -3.95. The van der Waals surface area contributed by atoms with Gasteiger partial charge in [-0.3, -0.25) is 9.59 Å². The van der Waals surface area contributed by atoms with Crippen molar-refractivity contribution in [3.05, 3.63) is 65.7 Å². The molecule has 3 aromatic rings. The minimum absolute atomic E-state index is 0.0399. The summed E-state index contributed by atoms with van der Waals surface area (Å²) in [6.07, 6.45) is 5.97. The standard InChI is InChI=1S/C26H32N6O4/c1-18(2)25(34)27-20-11-14-30(15-12-20)24(33)10-9-19-6-3-4-7-22(19)32-17-21(28-29-32)16-31-13-5-8-23(31)26(35)36/h3-8,13,17-18,20H,9-12,14-16H2,1-2H3,(H,27,34)(H,35,36). The van der Waals surface area contributed by atoms with Crippen LogP contribution in [0.2, 0.25) is 0 Å². The van der Waals surface area contributed by atoms with Gasteiger partial charge in [-0.15, -0.1) is 5.10 Å². The number of aryl methyl sites for hydroxylation is 1. The fraction of sp³-hybridized carbons (Fsp3) is 0.423. The minimum atomic E-state index is -0.994. The van der Waals surface area contributed by atoms with Crippen LogP contribution in [0, 0.1) is 5.92 Å². The number of carbonyl (C=O) groups excluding carboxylic acids is 2. The van der Waals surface area contributed by atoms with Crippen LogP contribution in [0.3, 0.4) is 0 Å². The number of carbonyl (C=O) groups is 3. The van der Waals surface area contributed by atoms with E-state index in [4.69, 9.17) is 0 Å². The van der Waals surface area contributed by atoms with Gasteiger partial charge in [0, 0.05) is 37.7 Å². The summed E-state index contributed by atoms with van der Waals surface area (Å²) in [7, 11) is 0. The molecule has 0 radical (unpaired) electrons. The second kappa shape index (κ2) is 11.2. The first-order valence-corrected chi connectivity index (χ1v) is 12.3. The quantitative estimate of drug-likeness (QED) is 0.473. The van der Waals surface area contributed by atoms with Gasteiger partial charge in [0.1, 0.15) is 11.4 Å². The average Bonchev–Trinajstić information content (AvgIpc) is 3.53. The van der Waals surface area contributed by atoms with Gasteiger partial charge < -0.3 is 19.9 Å². The number of rotatable bonds is 9. The summed E-state index contributed by atoms with van der Waals surface area (Å²) in [5.74, 6) is -0.872. The van der Waals surface area contributed by atoms with Crippen molar-refractivity contribution in [2.24, 2.45) is 5.92 Å². The number of carboxylic acids is 1. The predicted molar refractivity (Wildman–Crippen MR) is 133 cm³/mol. The smallest absolute Gasteiger partial charge is 0.352 e. The fourth-order valence-corrected chi connectivity index (χ4v) is 4.40. The van der Waals surface area contributed by atoms with Crippen LogP contribution in [0.25, 0.3) is 5.69 Å². The third kappa shape index (κ3) is 5.99. The third-order valence-corrected chi connectivity index (χ3v) is 6.49. The summed E-state index contributed by atoms with van der Waals surface area (Å²) < 4.78 is 3.28. The molecule has 2 amide bonds. The molecule has 1 aromatic carbocycles. The molecule has 2 N–H and O–H groups in total. The Morgan fingerprint density at radius 1 is 1.11 bits per heavy atom. The monoisotopic (exact) mass is 492 g/mol. The van der Waals surface area contributed by atoms with Crippen LogP contribution in [0.4, 0.5) is 0 Å². The van der Waals surface area contributed by atoms with Gasteiger partial charge in [-0.1, -0.05) is 37.3 Å². The van der Waals surface area contributed by atoms with E-state index < -0.39 is 5.97 Å². The number of benzene rings is 1. The van der Waals surface area contributed by atoms with Crippen LogP contribution >= 0.6 is 0 Å². The number of hydrogen-bond donors (Lipinski definition) is 2. The Labute approximate surface area is 209 Å². The number of para-hydroxylation sites is 1. The first-order chi connectivity index (χ1) is 17.3. The Morgan fingerprint density at radius 3 is 2.58 bits per heavy atom. The van der Waals surface area contributed by atoms with E-state index in [9.17, 15) is 19.5 Å². The molecule has 0 aliphatic carbocycles. The molecule has 1 saturated heterocycles. The molecule has 10 nitrogen and oxygen atoms in total. The van der Waals surface area contributed by atoms with Gasteiger partial charge >= 0.3 is 5.97 Å². The van der Waals surface area contributed by atoms with E-state index in [2.05, 4.69) is 15.6 Å². The molecule has 1 aliphatic heterocycles. The second-order valence-corrected chi connectivity index (χ2v) is 9.43. The zero-order valence-electron chi connectivity index (χ0n) is 20.6. The minimum Gasteiger partial charge on any atom is -0.477 e. The predicted octanol–water partition coefficient (Wildman–Crippen LogP) is 2.51. The molecule has 4 rings (SSSR count). The maximum absolute atomic E-state index is 12.9. The molecule has 1 fully saturated rings. The van der Waals surface area contributed by atoms with E-state index in [0.717, 1.165) is 24.1 Å². The van der Waals surface area contributed by atoms with Crippen molar-refractivity contribution in [3.63, 3.8) is 0 Å². The van der Waals surface area contributed by atoms with E-state index in [1.807, 2.05) is 43.0 Å². The Balaban J connectivity index is 1.35. The molecule has 3 heterocycles. The first kappa shape index (κ1) is 25.2.